The molecular weight excluding hydrogens is 182 g/mol. The Morgan fingerprint density at radius 3 is 2.75 bits per heavy atom. The second kappa shape index (κ2) is 3.14. The van der Waals surface area contributed by atoms with E-state index in [1.807, 2.05) is 6.92 Å². The largest absolute Gasteiger partial charge is 0.409 e. The first-order chi connectivity index (χ1) is 5.53. The molecule has 6 heteroatoms. The Kier molecular flexibility index (Phi) is 2.37. The number of nitrogens with one attached hydrogen (secondary N) is 1. The van der Waals surface area contributed by atoms with E-state index in [1.165, 1.54) is 0 Å². The average molecular weight is 191 g/mol. The van der Waals surface area contributed by atoms with E-state index in [0.29, 0.717) is 6.42 Å². The molecule has 0 unspecified atom stereocenters. The fraction of sp³-hybridized carbons (Fsp3) is 0.500. The summed E-state index contributed by atoms with van der Waals surface area (Å²) in [6, 6.07) is 0. The molecule has 0 aromatic rings. The van der Waals surface area contributed by atoms with Crippen molar-refractivity contribution < 1.29 is 17.4 Å². The van der Waals surface area contributed by atoms with Crippen molar-refractivity contribution >= 4 is 16.2 Å². The van der Waals surface area contributed by atoms with Gasteiger partial charge in [0.1, 0.15) is 5.76 Å². The van der Waals surface area contributed by atoms with Gasteiger partial charge in [-0.05, 0) is 6.42 Å². The molecule has 1 aliphatic rings. The van der Waals surface area contributed by atoms with Crippen molar-refractivity contribution in [2.75, 3.05) is 0 Å². The SMILES string of the molecule is CCCC1=CC(=O)NS(=O)(=O)O1. The average Bonchev–Trinajstić information content (AvgIpc) is 1.82. The molecule has 1 amide bonds. The lowest BCUT2D eigenvalue weighted by Gasteiger charge is -2.13. The van der Waals surface area contributed by atoms with E-state index in [2.05, 4.69) is 4.18 Å². The van der Waals surface area contributed by atoms with Gasteiger partial charge in [0, 0.05) is 12.5 Å². The number of amides is 1. The minimum Gasteiger partial charge on any atom is -0.371 e. The molecule has 0 aliphatic carbocycles. The Hall–Kier alpha value is -1.04. The zero-order chi connectivity index (χ0) is 9.19. The highest BCUT2D eigenvalue weighted by Gasteiger charge is 2.22. The van der Waals surface area contributed by atoms with Gasteiger partial charge in [-0.2, -0.15) is 8.42 Å². The highest BCUT2D eigenvalue weighted by molar-refractivity contribution is 7.85. The highest BCUT2D eigenvalue weighted by atomic mass is 32.2. The zero-order valence-corrected chi connectivity index (χ0v) is 7.35. The van der Waals surface area contributed by atoms with Crippen LogP contribution >= 0.6 is 0 Å². The zero-order valence-electron chi connectivity index (χ0n) is 6.53. The topological polar surface area (TPSA) is 72.5 Å². The number of hydrogen-bond donors (Lipinski definition) is 1. The van der Waals surface area contributed by atoms with Crippen molar-refractivity contribution in [1.82, 2.24) is 4.72 Å². The van der Waals surface area contributed by atoms with Crippen LogP contribution in [0, 0.1) is 0 Å². The van der Waals surface area contributed by atoms with Crippen LogP contribution in [0.1, 0.15) is 19.8 Å². The third-order valence-electron chi connectivity index (χ3n) is 1.23. The van der Waals surface area contributed by atoms with Crippen molar-refractivity contribution in [2.24, 2.45) is 0 Å². The maximum Gasteiger partial charge on any atom is 0.409 e. The molecule has 1 rings (SSSR count). The first-order valence-corrected chi connectivity index (χ1v) is 4.91. The molecule has 1 heterocycles. The first-order valence-electron chi connectivity index (χ1n) is 3.50. The first kappa shape index (κ1) is 9.05. The van der Waals surface area contributed by atoms with Crippen molar-refractivity contribution in [3.8, 4) is 0 Å². The van der Waals surface area contributed by atoms with Gasteiger partial charge >= 0.3 is 10.3 Å². The third kappa shape index (κ3) is 2.23. The van der Waals surface area contributed by atoms with Gasteiger partial charge < -0.3 is 4.18 Å². The number of rotatable bonds is 2. The molecule has 0 radical (unpaired) electrons. The van der Waals surface area contributed by atoms with Gasteiger partial charge in [-0.1, -0.05) is 6.92 Å². The molecule has 5 nitrogen and oxygen atoms in total. The normalized spacial score (nSPS) is 20.8. The lowest BCUT2D eigenvalue weighted by molar-refractivity contribution is -0.115. The second-order valence-electron chi connectivity index (χ2n) is 2.36. The van der Waals surface area contributed by atoms with Crippen molar-refractivity contribution in [2.45, 2.75) is 19.8 Å². The lowest BCUT2D eigenvalue weighted by atomic mass is 10.3. The van der Waals surface area contributed by atoms with E-state index < -0.39 is 16.2 Å². The summed E-state index contributed by atoms with van der Waals surface area (Å²) in [5, 5.41) is 0. The highest BCUT2D eigenvalue weighted by Crippen LogP contribution is 2.13. The Bertz CT molecular complexity index is 316. The summed E-state index contributed by atoms with van der Waals surface area (Å²) >= 11 is 0. The van der Waals surface area contributed by atoms with Crippen LogP contribution in [0.2, 0.25) is 0 Å². The number of carbonyl (C=O) groups excluding carboxylic acids is 1. The van der Waals surface area contributed by atoms with Gasteiger partial charge in [-0.3, -0.25) is 4.79 Å². The van der Waals surface area contributed by atoms with Crippen LogP contribution in [0.25, 0.3) is 0 Å². The van der Waals surface area contributed by atoms with Crippen LogP contribution in [0.3, 0.4) is 0 Å². The summed E-state index contributed by atoms with van der Waals surface area (Å²) in [4.78, 5) is 10.7. The van der Waals surface area contributed by atoms with E-state index in [0.717, 1.165) is 12.5 Å². The maximum atomic E-state index is 10.8. The van der Waals surface area contributed by atoms with Crippen molar-refractivity contribution in [3.63, 3.8) is 0 Å². The smallest absolute Gasteiger partial charge is 0.371 e. The van der Waals surface area contributed by atoms with Crippen LogP contribution < -0.4 is 4.72 Å². The van der Waals surface area contributed by atoms with E-state index in [1.54, 1.807) is 4.72 Å². The quantitative estimate of drug-likeness (QED) is 0.670. The summed E-state index contributed by atoms with van der Waals surface area (Å²) in [5.74, 6) is -0.453. The van der Waals surface area contributed by atoms with Crippen LogP contribution in [0.5, 0.6) is 0 Å². The minimum absolute atomic E-state index is 0.196. The molecule has 0 aromatic carbocycles. The van der Waals surface area contributed by atoms with E-state index >= 15 is 0 Å². The number of hydrogen-bond acceptors (Lipinski definition) is 4. The second-order valence-corrected chi connectivity index (χ2v) is 3.64. The van der Waals surface area contributed by atoms with Gasteiger partial charge in [0.15, 0.2) is 0 Å². The molecule has 0 bridgehead atoms. The molecule has 0 spiro atoms. The Morgan fingerprint density at radius 1 is 1.58 bits per heavy atom. The monoisotopic (exact) mass is 191 g/mol. The minimum atomic E-state index is -3.87. The standard InChI is InChI=1S/C6H9NO4S/c1-2-3-5-4-6(8)7-12(9,10)11-5/h4H,2-3H2,1H3,(H,7,8). The van der Waals surface area contributed by atoms with Gasteiger partial charge in [-0.15, -0.1) is 0 Å². The van der Waals surface area contributed by atoms with Crippen LogP contribution in [0.15, 0.2) is 11.8 Å². The molecule has 0 saturated heterocycles. The van der Waals surface area contributed by atoms with Crippen molar-refractivity contribution in [1.29, 1.82) is 0 Å². The van der Waals surface area contributed by atoms with Gasteiger partial charge in [0.2, 0.25) is 0 Å². The fourth-order valence-corrected chi connectivity index (χ4v) is 1.61. The Morgan fingerprint density at radius 2 is 2.25 bits per heavy atom. The maximum absolute atomic E-state index is 10.8. The van der Waals surface area contributed by atoms with Gasteiger partial charge in [0.05, 0.1) is 0 Å². The molecule has 0 fully saturated rings. The Labute approximate surface area is 70.7 Å². The number of allylic oxidation sites excluding steroid dienone is 1. The lowest BCUT2D eigenvalue weighted by Crippen LogP contribution is -2.34. The summed E-state index contributed by atoms with van der Waals surface area (Å²) in [6.45, 7) is 1.86. The predicted molar refractivity (Wildman–Crippen MR) is 41.1 cm³/mol. The van der Waals surface area contributed by atoms with E-state index in [-0.39, 0.29) is 5.76 Å². The molecule has 0 atom stereocenters. The molecule has 0 aromatic heterocycles. The predicted octanol–water partition coefficient (Wildman–Crippen LogP) is 0.0616. The summed E-state index contributed by atoms with van der Waals surface area (Å²) < 4.78 is 27.7. The molecule has 1 aliphatic heterocycles. The molecule has 12 heavy (non-hydrogen) atoms. The third-order valence-corrected chi connectivity index (χ3v) is 2.12. The van der Waals surface area contributed by atoms with Crippen LogP contribution in [0.4, 0.5) is 0 Å². The van der Waals surface area contributed by atoms with Crippen molar-refractivity contribution in [3.05, 3.63) is 11.8 Å². The molecule has 0 saturated carbocycles. The van der Waals surface area contributed by atoms with E-state index in [9.17, 15) is 13.2 Å². The Balaban J connectivity index is 2.84. The number of carbonyl (C=O) groups is 1. The summed E-state index contributed by atoms with van der Waals surface area (Å²) in [5.41, 5.74) is 0. The molecule has 68 valence electrons. The fourth-order valence-electron chi connectivity index (χ4n) is 0.845. The van der Waals surface area contributed by atoms with Crippen LogP contribution in [-0.4, -0.2) is 14.3 Å². The van der Waals surface area contributed by atoms with Gasteiger partial charge in [0.25, 0.3) is 5.91 Å². The summed E-state index contributed by atoms with van der Waals surface area (Å²) in [7, 11) is -3.87. The van der Waals surface area contributed by atoms with Crippen LogP contribution in [-0.2, 0) is 19.3 Å². The summed E-state index contributed by atoms with van der Waals surface area (Å²) in [6.07, 6.45) is 2.33. The molecular formula is C6H9NO4S. The molecule has 1 N–H and O–H groups in total. The van der Waals surface area contributed by atoms with Gasteiger partial charge in [-0.25, -0.2) is 4.72 Å². The van der Waals surface area contributed by atoms with E-state index in [4.69, 9.17) is 0 Å².